The molecule has 1 aromatic carbocycles. The van der Waals surface area contributed by atoms with Gasteiger partial charge in [0.15, 0.2) is 11.6 Å². The molecule has 0 atom stereocenters. The van der Waals surface area contributed by atoms with Crippen LogP contribution in [0, 0.1) is 0 Å². The summed E-state index contributed by atoms with van der Waals surface area (Å²) >= 11 is 0. The second-order valence-corrected chi connectivity index (χ2v) is 7.06. The molecule has 2 aliphatic rings. The molecule has 6 heteroatoms. The third-order valence-corrected chi connectivity index (χ3v) is 5.29. The summed E-state index contributed by atoms with van der Waals surface area (Å²) < 4.78 is 38.4. The fraction of sp³-hybridized carbons (Fsp3) is 0.381. The van der Waals surface area contributed by atoms with E-state index in [4.69, 9.17) is 0 Å². The van der Waals surface area contributed by atoms with Crippen LogP contribution in [0.15, 0.2) is 45.5 Å². The monoisotopic (exact) mass is 375 g/mol. The fourth-order valence-electron chi connectivity index (χ4n) is 3.49. The summed E-state index contributed by atoms with van der Waals surface area (Å²) in [6.45, 7) is 5.00. The second-order valence-electron chi connectivity index (χ2n) is 7.06. The molecule has 0 amide bonds. The lowest BCUT2D eigenvalue weighted by atomic mass is 9.84. The highest BCUT2D eigenvalue weighted by Gasteiger charge is 2.32. The molecule has 0 saturated heterocycles. The van der Waals surface area contributed by atoms with Crippen molar-refractivity contribution < 1.29 is 22.8 Å². The molecular weight excluding hydrogens is 355 g/mol. The molecule has 1 heterocycles. The van der Waals surface area contributed by atoms with Crippen molar-refractivity contribution in [3.05, 3.63) is 51.6 Å². The minimum absolute atomic E-state index is 0.0870. The third kappa shape index (κ3) is 3.66. The van der Waals surface area contributed by atoms with E-state index in [1.54, 1.807) is 20.8 Å². The summed E-state index contributed by atoms with van der Waals surface area (Å²) in [4.78, 5) is 28.9. The number of benzene rings is 1. The number of allylic oxidation sites excluding steroid dienone is 4. The van der Waals surface area contributed by atoms with Crippen LogP contribution in [-0.4, -0.2) is 17.3 Å². The predicted octanol–water partition coefficient (Wildman–Crippen LogP) is 5.31. The number of ketones is 2. The van der Waals surface area contributed by atoms with E-state index in [9.17, 15) is 22.8 Å². The fourth-order valence-corrected chi connectivity index (χ4v) is 3.49. The van der Waals surface area contributed by atoms with E-state index in [-0.39, 0.29) is 11.6 Å². The van der Waals surface area contributed by atoms with Gasteiger partial charge in [0.05, 0.1) is 11.3 Å². The molecule has 0 bridgehead atoms. The highest BCUT2D eigenvalue weighted by molar-refractivity contribution is 6.24. The molecule has 0 N–H and O–H groups in total. The van der Waals surface area contributed by atoms with Gasteiger partial charge in [-0.05, 0) is 57.7 Å². The first kappa shape index (κ1) is 19.3. The topological polar surface area (TPSA) is 46.5 Å². The summed E-state index contributed by atoms with van der Waals surface area (Å²) in [6, 6.07) is 3.63. The Hall–Kier alpha value is -2.50. The van der Waals surface area contributed by atoms with E-state index in [1.807, 2.05) is 0 Å². The largest absolute Gasteiger partial charge is 0.416 e. The number of carbonyl (C=O) groups is 2. The van der Waals surface area contributed by atoms with Gasteiger partial charge >= 0.3 is 6.18 Å². The van der Waals surface area contributed by atoms with Crippen molar-refractivity contribution in [1.29, 1.82) is 0 Å². The van der Waals surface area contributed by atoms with Crippen LogP contribution in [0.5, 0.6) is 0 Å². The third-order valence-electron chi connectivity index (χ3n) is 5.29. The Kier molecular flexibility index (Phi) is 4.93. The van der Waals surface area contributed by atoms with Gasteiger partial charge in [-0.25, -0.2) is 0 Å². The Balaban J connectivity index is 1.66. The summed E-state index contributed by atoms with van der Waals surface area (Å²) in [5.74, 6) is -0.177. The summed E-state index contributed by atoms with van der Waals surface area (Å²) in [7, 11) is 0. The predicted molar refractivity (Wildman–Crippen MR) is 97.2 cm³/mol. The van der Waals surface area contributed by atoms with E-state index in [1.165, 1.54) is 6.07 Å². The van der Waals surface area contributed by atoms with Crippen LogP contribution < -0.4 is 0 Å². The first-order valence-corrected chi connectivity index (χ1v) is 8.82. The highest BCUT2D eigenvalue weighted by atomic mass is 19.4. The summed E-state index contributed by atoms with van der Waals surface area (Å²) in [6.07, 6.45) is -2.19. The van der Waals surface area contributed by atoms with Crippen molar-refractivity contribution in [2.24, 2.45) is 4.99 Å². The molecule has 0 aromatic heterocycles. The van der Waals surface area contributed by atoms with Gasteiger partial charge in [0.1, 0.15) is 0 Å². The molecule has 0 radical (unpaired) electrons. The molecule has 0 unspecified atom stereocenters. The lowest BCUT2D eigenvalue weighted by molar-refractivity contribution is -0.137. The smallest absolute Gasteiger partial charge is 0.289 e. The van der Waals surface area contributed by atoms with Crippen molar-refractivity contribution in [2.45, 2.75) is 52.6 Å². The Morgan fingerprint density at radius 2 is 1.63 bits per heavy atom. The summed E-state index contributed by atoms with van der Waals surface area (Å²) in [5.41, 5.74) is 3.29. The first-order valence-electron chi connectivity index (χ1n) is 8.82. The van der Waals surface area contributed by atoms with Crippen LogP contribution >= 0.6 is 0 Å². The number of nitrogens with zero attached hydrogens (tertiary/aromatic N) is 1. The Morgan fingerprint density at radius 3 is 2.30 bits per heavy atom. The Labute approximate surface area is 155 Å². The molecular formula is C21H20F3NO2. The van der Waals surface area contributed by atoms with Gasteiger partial charge in [0.2, 0.25) is 0 Å². The number of halogens is 3. The molecule has 0 saturated carbocycles. The molecule has 0 spiro atoms. The van der Waals surface area contributed by atoms with Crippen LogP contribution in [0.4, 0.5) is 18.9 Å². The highest BCUT2D eigenvalue weighted by Crippen LogP contribution is 2.36. The lowest BCUT2D eigenvalue weighted by Crippen LogP contribution is -2.20. The zero-order chi connectivity index (χ0) is 19.9. The normalized spacial score (nSPS) is 17.6. The number of aliphatic imine (C=N–C) groups is 1. The molecule has 3 rings (SSSR count). The number of rotatable bonds is 4. The SMILES string of the molecule is CC1=C(C)C(=O)C(CCCC2=Nc3cc(C(F)(F)F)ccc3C2)=C(C)C1=O. The number of hydrogen-bond donors (Lipinski definition) is 0. The van der Waals surface area contributed by atoms with Crippen molar-refractivity contribution >= 4 is 23.0 Å². The van der Waals surface area contributed by atoms with E-state index < -0.39 is 11.7 Å². The zero-order valence-corrected chi connectivity index (χ0v) is 15.5. The number of Topliss-reactive ketones (excluding diaryl/α,β-unsaturated/α-hetero) is 2. The maximum atomic E-state index is 12.8. The van der Waals surface area contributed by atoms with Gasteiger partial charge in [0.25, 0.3) is 0 Å². The van der Waals surface area contributed by atoms with Gasteiger partial charge in [-0.1, -0.05) is 6.07 Å². The zero-order valence-electron chi connectivity index (χ0n) is 15.5. The van der Waals surface area contributed by atoms with Gasteiger partial charge in [-0.3, -0.25) is 14.6 Å². The average molecular weight is 375 g/mol. The van der Waals surface area contributed by atoms with E-state index in [2.05, 4.69) is 4.99 Å². The van der Waals surface area contributed by atoms with Gasteiger partial charge in [-0.2, -0.15) is 13.2 Å². The minimum atomic E-state index is -4.38. The molecule has 1 aliphatic heterocycles. The van der Waals surface area contributed by atoms with Crippen LogP contribution in [-0.2, 0) is 22.2 Å². The number of alkyl halides is 3. The van der Waals surface area contributed by atoms with Crippen molar-refractivity contribution in [3.8, 4) is 0 Å². The molecule has 1 aromatic rings. The van der Waals surface area contributed by atoms with Crippen molar-refractivity contribution in [1.82, 2.24) is 0 Å². The standard InChI is InChI=1S/C21H20F3NO2/c1-11-12(2)20(27)17(13(3)19(11)26)6-4-5-16-9-14-7-8-15(21(22,23)24)10-18(14)25-16/h7-8,10H,4-6,9H2,1-3H3. The first-order chi connectivity index (χ1) is 12.6. The van der Waals surface area contributed by atoms with E-state index in [0.717, 1.165) is 23.4 Å². The Morgan fingerprint density at radius 1 is 0.963 bits per heavy atom. The van der Waals surface area contributed by atoms with E-state index in [0.29, 0.717) is 53.7 Å². The van der Waals surface area contributed by atoms with Crippen LogP contribution in [0.25, 0.3) is 0 Å². The summed E-state index contributed by atoms with van der Waals surface area (Å²) in [5, 5.41) is 0. The Bertz CT molecular complexity index is 933. The average Bonchev–Trinajstić information content (AvgIpc) is 3.02. The maximum Gasteiger partial charge on any atom is 0.416 e. The number of hydrogen-bond acceptors (Lipinski definition) is 3. The van der Waals surface area contributed by atoms with Gasteiger partial charge in [-0.15, -0.1) is 0 Å². The van der Waals surface area contributed by atoms with Crippen LogP contribution in [0.2, 0.25) is 0 Å². The van der Waals surface area contributed by atoms with Crippen LogP contribution in [0.3, 0.4) is 0 Å². The van der Waals surface area contributed by atoms with Crippen molar-refractivity contribution in [2.75, 3.05) is 0 Å². The lowest BCUT2D eigenvalue weighted by Gasteiger charge is -2.18. The number of carbonyl (C=O) groups excluding carboxylic acids is 2. The molecule has 1 aliphatic carbocycles. The molecule has 3 nitrogen and oxygen atoms in total. The maximum absolute atomic E-state index is 12.8. The van der Waals surface area contributed by atoms with Gasteiger partial charge < -0.3 is 0 Å². The quantitative estimate of drug-likeness (QED) is 0.670. The second kappa shape index (κ2) is 6.91. The van der Waals surface area contributed by atoms with E-state index >= 15 is 0 Å². The molecule has 27 heavy (non-hydrogen) atoms. The van der Waals surface area contributed by atoms with Crippen molar-refractivity contribution in [3.63, 3.8) is 0 Å². The molecule has 0 fully saturated rings. The minimum Gasteiger partial charge on any atom is -0.289 e. The van der Waals surface area contributed by atoms with Gasteiger partial charge in [0, 0.05) is 34.4 Å². The van der Waals surface area contributed by atoms with Crippen LogP contribution in [0.1, 0.15) is 51.2 Å². The number of fused-ring (bicyclic) bond motifs is 1. The molecule has 142 valence electrons.